The van der Waals surface area contributed by atoms with Crippen LogP contribution >= 0.6 is 0 Å². The summed E-state index contributed by atoms with van der Waals surface area (Å²) in [6.07, 6.45) is -5.28. The summed E-state index contributed by atoms with van der Waals surface area (Å²) in [5, 5.41) is 0. The second-order valence-corrected chi connectivity index (χ2v) is 4.27. The van der Waals surface area contributed by atoms with Gasteiger partial charge in [0.05, 0.1) is 19.8 Å². The fraction of sp³-hybridized carbons (Fsp3) is 0.538. The van der Waals surface area contributed by atoms with E-state index in [0.29, 0.717) is 0 Å². The van der Waals surface area contributed by atoms with Crippen molar-refractivity contribution in [2.75, 3.05) is 13.7 Å². The molecule has 0 aliphatic rings. The van der Waals surface area contributed by atoms with Crippen LogP contribution in [0.25, 0.3) is 0 Å². The first-order chi connectivity index (χ1) is 9.70. The Labute approximate surface area is 120 Å². The number of carbonyl (C=O) groups is 1. The maximum atomic E-state index is 13.1. The molecule has 0 N–H and O–H groups in total. The third-order valence-electron chi connectivity index (χ3n) is 2.28. The topological polar surface area (TPSA) is 57.7 Å². The number of alkyl halides is 3. The molecular weight excluding hydrogens is 291 g/mol. The lowest BCUT2D eigenvalue weighted by atomic mass is 10.1. The Hall–Kier alpha value is -1.99. The van der Waals surface area contributed by atoms with E-state index in [9.17, 15) is 18.0 Å². The van der Waals surface area contributed by atoms with E-state index < -0.39 is 29.5 Å². The van der Waals surface area contributed by atoms with Crippen LogP contribution in [-0.4, -0.2) is 30.8 Å². The number of ether oxygens (including phenoxy) is 3. The predicted octanol–water partition coefficient (Wildman–Crippen LogP) is 3.07. The zero-order valence-electron chi connectivity index (χ0n) is 12.1. The molecule has 0 amide bonds. The molecule has 0 unspecified atom stereocenters. The third kappa shape index (κ3) is 4.24. The fourth-order valence-electron chi connectivity index (χ4n) is 1.56. The minimum Gasteiger partial charge on any atom is -0.490 e. The van der Waals surface area contributed by atoms with Crippen molar-refractivity contribution in [1.29, 1.82) is 0 Å². The summed E-state index contributed by atoms with van der Waals surface area (Å²) in [6, 6.07) is 1.13. The number of hydrogen-bond acceptors (Lipinski definition) is 5. The quantitative estimate of drug-likeness (QED) is 0.782. The standard InChI is InChI=1S/C13H16F3NO4/c1-5-20-12(18)10-8(21-7(2)3)6-9(19-4)17-11(10)13(14,15)16/h6-7H,5H2,1-4H3. The van der Waals surface area contributed by atoms with Crippen LogP contribution < -0.4 is 9.47 Å². The molecule has 0 radical (unpaired) electrons. The van der Waals surface area contributed by atoms with Gasteiger partial charge in [-0.25, -0.2) is 9.78 Å². The van der Waals surface area contributed by atoms with Crippen molar-refractivity contribution in [1.82, 2.24) is 4.98 Å². The summed E-state index contributed by atoms with van der Waals surface area (Å²) >= 11 is 0. The minimum atomic E-state index is -4.84. The van der Waals surface area contributed by atoms with Crippen LogP contribution in [0.3, 0.4) is 0 Å². The zero-order chi connectivity index (χ0) is 16.2. The van der Waals surface area contributed by atoms with Gasteiger partial charge in [0, 0.05) is 6.07 Å². The molecule has 0 bridgehead atoms. The highest BCUT2D eigenvalue weighted by molar-refractivity contribution is 5.94. The van der Waals surface area contributed by atoms with Gasteiger partial charge < -0.3 is 14.2 Å². The Kier molecular flexibility index (Phi) is 5.40. The lowest BCUT2D eigenvalue weighted by Crippen LogP contribution is -2.20. The van der Waals surface area contributed by atoms with Gasteiger partial charge in [-0.15, -0.1) is 0 Å². The molecular formula is C13H16F3NO4. The monoisotopic (exact) mass is 307 g/mol. The van der Waals surface area contributed by atoms with Crippen LogP contribution in [0.5, 0.6) is 11.6 Å². The molecule has 118 valence electrons. The number of nitrogens with zero attached hydrogens (tertiary/aromatic N) is 1. The summed E-state index contributed by atoms with van der Waals surface area (Å²) in [6.45, 7) is 4.67. The number of hydrogen-bond donors (Lipinski definition) is 0. The lowest BCUT2D eigenvalue weighted by Gasteiger charge is -2.18. The highest BCUT2D eigenvalue weighted by Gasteiger charge is 2.40. The first-order valence-corrected chi connectivity index (χ1v) is 6.20. The smallest absolute Gasteiger partial charge is 0.434 e. The maximum Gasteiger partial charge on any atom is 0.434 e. The average Bonchev–Trinajstić information content (AvgIpc) is 2.36. The lowest BCUT2D eigenvalue weighted by molar-refractivity contribution is -0.142. The molecule has 0 fully saturated rings. The van der Waals surface area contributed by atoms with E-state index in [1.54, 1.807) is 13.8 Å². The number of halogens is 3. The summed E-state index contributed by atoms with van der Waals surface area (Å²) in [4.78, 5) is 15.1. The van der Waals surface area contributed by atoms with Crippen molar-refractivity contribution in [3.8, 4) is 11.6 Å². The molecule has 1 rings (SSSR count). The highest BCUT2D eigenvalue weighted by Crippen LogP contribution is 2.37. The molecule has 1 heterocycles. The second kappa shape index (κ2) is 6.64. The fourth-order valence-corrected chi connectivity index (χ4v) is 1.56. The molecule has 0 saturated heterocycles. The van der Waals surface area contributed by atoms with Gasteiger partial charge >= 0.3 is 12.1 Å². The predicted molar refractivity (Wildman–Crippen MR) is 67.5 cm³/mol. The van der Waals surface area contributed by atoms with Crippen LogP contribution in [0, 0.1) is 0 Å². The molecule has 8 heteroatoms. The molecule has 1 aromatic heterocycles. The van der Waals surface area contributed by atoms with Crippen molar-refractivity contribution < 1.29 is 32.2 Å². The van der Waals surface area contributed by atoms with Gasteiger partial charge in [-0.2, -0.15) is 13.2 Å². The molecule has 0 atom stereocenters. The number of methoxy groups -OCH3 is 1. The van der Waals surface area contributed by atoms with Crippen molar-refractivity contribution in [3.63, 3.8) is 0 Å². The normalized spacial score (nSPS) is 11.4. The van der Waals surface area contributed by atoms with Gasteiger partial charge in [0.1, 0.15) is 11.3 Å². The number of esters is 1. The van der Waals surface area contributed by atoms with E-state index >= 15 is 0 Å². The molecule has 0 aliphatic heterocycles. The van der Waals surface area contributed by atoms with E-state index in [1.165, 1.54) is 14.0 Å². The van der Waals surface area contributed by atoms with Crippen molar-refractivity contribution >= 4 is 5.97 Å². The largest absolute Gasteiger partial charge is 0.490 e. The first-order valence-electron chi connectivity index (χ1n) is 6.20. The Morgan fingerprint density at radius 1 is 1.38 bits per heavy atom. The van der Waals surface area contributed by atoms with Gasteiger partial charge in [0.2, 0.25) is 5.88 Å². The molecule has 0 aromatic carbocycles. The third-order valence-corrected chi connectivity index (χ3v) is 2.28. The van der Waals surface area contributed by atoms with E-state index in [0.717, 1.165) is 6.07 Å². The zero-order valence-corrected chi connectivity index (χ0v) is 12.1. The number of rotatable bonds is 5. The van der Waals surface area contributed by atoms with Crippen LogP contribution in [-0.2, 0) is 10.9 Å². The van der Waals surface area contributed by atoms with Crippen LogP contribution in [0.2, 0.25) is 0 Å². The highest BCUT2D eigenvalue weighted by atomic mass is 19.4. The summed E-state index contributed by atoms with van der Waals surface area (Å²) in [5.41, 5.74) is -2.14. The molecule has 0 aliphatic carbocycles. The molecule has 21 heavy (non-hydrogen) atoms. The summed E-state index contributed by atoms with van der Waals surface area (Å²) < 4.78 is 54.0. The van der Waals surface area contributed by atoms with E-state index in [-0.39, 0.29) is 18.2 Å². The van der Waals surface area contributed by atoms with Gasteiger partial charge in [0.15, 0.2) is 5.69 Å². The van der Waals surface area contributed by atoms with Gasteiger partial charge in [-0.05, 0) is 20.8 Å². The Bertz CT molecular complexity index is 515. The SMILES string of the molecule is CCOC(=O)c1c(OC(C)C)cc(OC)nc1C(F)(F)F. The van der Waals surface area contributed by atoms with Gasteiger partial charge in [0.25, 0.3) is 0 Å². The molecule has 0 saturated carbocycles. The average molecular weight is 307 g/mol. The first kappa shape index (κ1) is 17.1. The Balaban J connectivity index is 3.54. The van der Waals surface area contributed by atoms with Crippen molar-refractivity contribution in [2.24, 2.45) is 0 Å². The van der Waals surface area contributed by atoms with Gasteiger partial charge in [-0.3, -0.25) is 0 Å². The van der Waals surface area contributed by atoms with Crippen molar-refractivity contribution in [2.45, 2.75) is 33.1 Å². The summed E-state index contributed by atoms with van der Waals surface area (Å²) in [5.74, 6) is -1.72. The Morgan fingerprint density at radius 3 is 2.43 bits per heavy atom. The maximum absolute atomic E-state index is 13.1. The molecule has 1 aromatic rings. The van der Waals surface area contributed by atoms with E-state index in [4.69, 9.17) is 9.47 Å². The Morgan fingerprint density at radius 2 is 2.00 bits per heavy atom. The van der Waals surface area contributed by atoms with E-state index in [1.807, 2.05) is 0 Å². The molecule has 0 spiro atoms. The number of aromatic nitrogens is 1. The van der Waals surface area contributed by atoms with Crippen molar-refractivity contribution in [3.05, 3.63) is 17.3 Å². The minimum absolute atomic E-state index is 0.0662. The van der Waals surface area contributed by atoms with E-state index in [2.05, 4.69) is 9.72 Å². The number of carbonyl (C=O) groups excluding carboxylic acids is 1. The second-order valence-electron chi connectivity index (χ2n) is 4.27. The molecule has 5 nitrogen and oxygen atoms in total. The van der Waals surface area contributed by atoms with Crippen LogP contribution in [0.15, 0.2) is 6.07 Å². The summed E-state index contributed by atoms with van der Waals surface area (Å²) in [7, 11) is 1.17. The van der Waals surface area contributed by atoms with Crippen LogP contribution in [0.4, 0.5) is 13.2 Å². The number of pyridine rings is 1. The van der Waals surface area contributed by atoms with Crippen LogP contribution in [0.1, 0.15) is 36.8 Å². The van der Waals surface area contributed by atoms with Gasteiger partial charge in [-0.1, -0.05) is 0 Å².